The zero-order valence-electron chi connectivity index (χ0n) is 13.1. The van der Waals surface area contributed by atoms with Crippen molar-refractivity contribution in [2.75, 3.05) is 13.2 Å². The summed E-state index contributed by atoms with van der Waals surface area (Å²) in [6, 6.07) is 13.9. The highest BCUT2D eigenvalue weighted by molar-refractivity contribution is 6.03. The summed E-state index contributed by atoms with van der Waals surface area (Å²) >= 11 is 0. The molecular weight excluding hydrogens is 308 g/mol. The maximum atomic E-state index is 12.1. The third-order valence-corrected chi connectivity index (χ3v) is 3.49. The van der Waals surface area contributed by atoms with Crippen molar-refractivity contribution >= 4 is 22.7 Å². The fourth-order valence-corrected chi connectivity index (χ4v) is 2.31. The van der Waals surface area contributed by atoms with E-state index < -0.39 is 5.97 Å². The Morgan fingerprint density at radius 1 is 1.08 bits per heavy atom. The summed E-state index contributed by atoms with van der Waals surface area (Å²) < 4.78 is 10.4. The first kappa shape index (κ1) is 15.7. The normalized spacial score (nSPS) is 10.5. The van der Waals surface area contributed by atoms with Crippen LogP contribution in [0.5, 0.6) is 5.75 Å². The SMILES string of the molecule is CCOc1ccc(C(=O)COC(=O)c2n[nH]c3ccccc23)cc1. The molecule has 0 aliphatic heterocycles. The van der Waals surface area contributed by atoms with Crippen molar-refractivity contribution in [2.24, 2.45) is 0 Å². The highest BCUT2D eigenvalue weighted by Crippen LogP contribution is 2.16. The maximum absolute atomic E-state index is 12.1. The average Bonchev–Trinajstić information content (AvgIpc) is 3.04. The van der Waals surface area contributed by atoms with Crippen molar-refractivity contribution in [2.45, 2.75) is 6.92 Å². The first-order valence-corrected chi connectivity index (χ1v) is 7.55. The molecule has 0 aliphatic rings. The molecule has 24 heavy (non-hydrogen) atoms. The van der Waals surface area contributed by atoms with Crippen molar-refractivity contribution in [1.29, 1.82) is 0 Å². The second-order valence-corrected chi connectivity index (χ2v) is 5.07. The summed E-state index contributed by atoms with van der Waals surface area (Å²) in [4.78, 5) is 24.2. The van der Waals surface area contributed by atoms with E-state index in [2.05, 4.69) is 10.2 Å². The Labute approximate surface area is 138 Å². The van der Waals surface area contributed by atoms with E-state index in [0.29, 0.717) is 23.3 Å². The van der Waals surface area contributed by atoms with E-state index in [1.54, 1.807) is 36.4 Å². The molecule has 0 saturated heterocycles. The smallest absolute Gasteiger partial charge is 0.359 e. The number of aromatic nitrogens is 2. The third-order valence-electron chi connectivity index (χ3n) is 3.49. The van der Waals surface area contributed by atoms with Crippen LogP contribution in [0.1, 0.15) is 27.8 Å². The Bertz CT molecular complexity index is 868. The topological polar surface area (TPSA) is 81.3 Å². The number of para-hydroxylation sites is 1. The summed E-state index contributed by atoms with van der Waals surface area (Å²) in [5, 5.41) is 7.37. The molecule has 0 spiro atoms. The number of nitrogens with one attached hydrogen (secondary N) is 1. The van der Waals surface area contributed by atoms with Crippen molar-refractivity contribution in [3.63, 3.8) is 0 Å². The summed E-state index contributed by atoms with van der Waals surface area (Å²) in [5.41, 5.74) is 1.37. The van der Waals surface area contributed by atoms with Crippen LogP contribution in [0.3, 0.4) is 0 Å². The molecule has 0 fully saturated rings. The second kappa shape index (κ2) is 6.95. The third kappa shape index (κ3) is 3.27. The molecule has 2 aromatic carbocycles. The number of carbonyl (C=O) groups excluding carboxylic acids is 2. The number of benzene rings is 2. The lowest BCUT2D eigenvalue weighted by atomic mass is 10.1. The number of esters is 1. The number of hydrogen-bond donors (Lipinski definition) is 1. The van der Waals surface area contributed by atoms with Gasteiger partial charge in [-0.1, -0.05) is 18.2 Å². The monoisotopic (exact) mass is 324 g/mol. The number of H-pyrrole nitrogens is 1. The molecule has 0 unspecified atom stereocenters. The zero-order valence-corrected chi connectivity index (χ0v) is 13.1. The molecule has 0 saturated carbocycles. The molecule has 122 valence electrons. The van der Waals surface area contributed by atoms with Crippen molar-refractivity contribution < 1.29 is 19.1 Å². The van der Waals surface area contributed by atoms with E-state index in [4.69, 9.17) is 9.47 Å². The molecule has 0 aliphatic carbocycles. The minimum Gasteiger partial charge on any atom is -0.494 e. The molecule has 6 nitrogen and oxygen atoms in total. The Hall–Kier alpha value is -3.15. The van der Waals surface area contributed by atoms with Gasteiger partial charge in [0.05, 0.1) is 12.1 Å². The summed E-state index contributed by atoms with van der Waals surface area (Å²) in [6.45, 7) is 2.10. The lowest BCUT2D eigenvalue weighted by Gasteiger charge is -2.05. The van der Waals surface area contributed by atoms with Crippen LogP contribution < -0.4 is 4.74 Å². The summed E-state index contributed by atoms with van der Waals surface area (Å²) in [6.07, 6.45) is 0. The first-order valence-electron chi connectivity index (χ1n) is 7.55. The highest BCUT2D eigenvalue weighted by Gasteiger charge is 2.17. The number of Topliss-reactive ketones (excluding diaryl/α,β-unsaturated/α-hetero) is 1. The fourth-order valence-electron chi connectivity index (χ4n) is 2.31. The van der Waals surface area contributed by atoms with Gasteiger partial charge in [0.2, 0.25) is 0 Å². The van der Waals surface area contributed by atoms with Gasteiger partial charge in [0.15, 0.2) is 18.1 Å². The molecule has 6 heteroatoms. The summed E-state index contributed by atoms with van der Waals surface area (Å²) in [5.74, 6) is -0.230. The molecule has 0 amide bonds. The van der Waals surface area contributed by atoms with Crippen LogP contribution in [-0.2, 0) is 4.74 Å². The van der Waals surface area contributed by atoms with Crippen LogP contribution in [0.25, 0.3) is 10.9 Å². The largest absolute Gasteiger partial charge is 0.494 e. The van der Waals surface area contributed by atoms with Gasteiger partial charge in [-0.05, 0) is 37.3 Å². The van der Waals surface area contributed by atoms with Crippen molar-refractivity contribution in [1.82, 2.24) is 10.2 Å². The molecule has 3 aromatic rings. The number of hydrogen-bond acceptors (Lipinski definition) is 5. The molecule has 0 atom stereocenters. The first-order chi connectivity index (χ1) is 11.7. The van der Waals surface area contributed by atoms with Crippen LogP contribution in [0, 0.1) is 0 Å². The molecule has 0 bridgehead atoms. The number of fused-ring (bicyclic) bond motifs is 1. The number of carbonyl (C=O) groups is 2. The van der Waals surface area contributed by atoms with Crippen molar-refractivity contribution in [3.8, 4) is 5.75 Å². The van der Waals surface area contributed by atoms with Crippen LogP contribution in [-0.4, -0.2) is 35.2 Å². The van der Waals surface area contributed by atoms with Crippen molar-refractivity contribution in [3.05, 3.63) is 59.8 Å². The van der Waals surface area contributed by atoms with Crippen LogP contribution >= 0.6 is 0 Å². The lowest BCUT2D eigenvalue weighted by Crippen LogP contribution is -2.14. The quantitative estimate of drug-likeness (QED) is 0.557. The highest BCUT2D eigenvalue weighted by atomic mass is 16.5. The van der Waals surface area contributed by atoms with Gasteiger partial charge >= 0.3 is 5.97 Å². The molecule has 3 rings (SSSR count). The molecule has 1 N–H and O–H groups in total. The van der Waals surface area contributed by atoms with Gasteiger partial charge in [-0.15, -0.1) is 0 Å². The zero-order chi connectivity index (χ0) is 16.9. The number of aromatic amines is 1. The van der Waals surface area contributed by atoms with Gasteiger partial charge in [0, 0.05) is 10.9 Å². The van der Waals surface area contributed by atoms with Gasteiger partial charge in [0.25, 0.3) is 0 Å². The van der Waals surface area contributed by atoms with E-state index >= 15 is 0 Å². The lowest BCUT2D eigenvalue weighted by molar-refractivity contribution is 0.0470. The Balaban J connectivity index is 1.64. The van der Waals surface area contributed by atoms with E-state index in [0.717, 1.165) is 5.52 Å². The van der Waals surface area contributed by atoms with E-state index in [9.17, 15) is 9.59 Å². The van der Waals surface area contributed by atoms with Crippen LogP contribution in [0.15, 0.2) is 48.5 Å². The van der Waals surface area contributed by atoms with E-state index in [-0.39, 0.29) is 18.1 Å². The van der Waals surface area contributed by atoms with Crippen LogP contribution in [0.4, 0.5) is 0 Å². The number of ether oxygens (including phenoxy) is 2. The van der Waals surface area contributed by atoms with Gasteiger partial charge in [0.1, 0.15) is 5.75 Å². The fraction of sp³-hybridized carbons (Fsp3) is 0.167. The minimum absolute atomic E-state index is 0.171. The molecular formula is C18H16N2O4. The standard InChI is InChI=1S/C18H16N2O4/c1-2-23-13-9-7-12(8-10-13)16(21)11-24-18(22)17-14-5-3-4-6-15(14)19-20-17/h3-10H,2,11H2,1H3,(H,19,20). The van der Waals surface area contributed by atoms with E-state index in [1.165, 1.54) is 0 Å². The summed E-state index contributed by atoms with van der Waals surface area (Å²) in [7, 11) is 0. The number of rotatable bonds is 6. The number of ketones is 1. The predicted octanol–water partition coefficient (Wildman–Crippen LogP) is 3.00. The molecule has 0 radical (unpaired) electrons. The van der Waals surface area contributed by atoms with Gasteiger partial charge in [-0.25, -0.2) is 4.79 Å². The Morgan fingerprint density at radius 2 is 1.83 bits per heavy atom. The van der Waals surface area contributed by atoms with Gasteiger partial charge in [-0.2, -0.15) is 5.10 Å². The number of nitrogens with zero attached hydrogens (tertiary/aromatic N) is 1. The maximum Gasteiger partial charge on any atom is 0.359 e. The average molecular weight is 324 g/mol. The minimum atomic E-state index is -0.633. The Kier molecular flexibility index (Phi) is 4.56. The van der Waals surface area contributed by atoms with Crippen LogP contribution in [0.2, 0.25) is 0 Å². The van der Waals surface area contributed by atoms with Gasteiger partial charge < -0.3 is 9.47 Å². The second-order valence-electron chi connectivity index (χ2n) is 5.07. The molecule has 1 heterocycles. The van der Waals surface area contributed by atoms with E-state index in [1.807, 2.05) is 19.1 Å². The molecule has 1 aromatic heterocycles. The van der Waals surface area contributed by atoms with Gasteiger partial charge in [-0.3, -0.25) is 9.89 Å². The Morgan fingerprint density at radius 3 is 2.58 bits per heavy atom. The predicted molar refractivity (Wildman–Crippen MR) is 88.3 cm³/mol.